The van der Waals surface area contributed by atoms with Crippen molar-refractivity contribution in [1.82, 2.24) is 5.32 Å². The van der Waals surface area contributed by atoms with Gasteiger partial charge in [-0.3, -0.25) is 0 Å². The van der Waals surface area contributed by atoms with Gasteiger partial charge < -0.3 is 15.8 Å². The second-order valence-electron chi connectivity index (χ2n) is 4.15. The minimum Gasteiger partial charge on any atom is -0.496 e. The van der Waals surface area contributed by atoms with Crippen molar-refractivity contribution in [2.45, 2.75) is 27.2 Å². The lowest BCUT2D eigenvalue weighted by Gasteiger charge is -2.19. The molecule has 0 radical (unpaired) electrons. The Labute approximate surface area is 112 Å². The maximum Gasteiger partial charge on any atom is 0.125 e. The molecule has 0 unspecified atom stereocenters. The Kier molecular flexibility index (Phi) is 5.43. The molecule has 1 rings (SSSR count). The average Bonchev–Trinajstić information content (AvgIpc) is 2.33. The lowest BCUT2D eigenvalue weighted by molar-refractivity contribution is 0.405. The van der Waals surface area contributed by atoms with Gasteiger partial charge in [0.2, 0.25) is 0 Å². The summed E-state index contributed by atoms with van der Waals surface area (Å²) in [6.45, 7) is 7.70. The van der Waals surface area contributed by atoms with Crippen LogP contribution < -0.4 is 15.8 Å². The van der Waals surface area contributed by atoms with E-state index in [1.54, 1.807) is 7.11 Å². The molecule has 0 atom stereocenters. The van der Waals surface area contributed by atoms with E-state index in [2.05, 4.69) is 42.0 Å². The van der Waals surface area contributed by atoms with Crippen LogP contribution in [0.5, 0.6) is 5.75 Å². The van der Waals surface area contributed by atoms with Crippen molar-refractivity contribution in [1.29, 1.82) is 0 Å². The first-order valence-electron chi connectivity index (χ1n) is 5.77. The Bertz CT molecular complexity index is 405. The molecule has 0 saturated heterocycles. The maximum atomic E-state index is 5.54. The Morgan fingerprint density at radius 2 is 1.82 bits per heavy atom. The largest absolute Gasteiger partial charge is 0.496 e. The number of rotatable bonds is 5. The zero-order chi connectivity index (χ0) is 13.0. The topological polar surface area (TPSA) is 47.3 Å². The maximum absolute atomic E-state index is 5.54. The summed E-state index contributed by atoms with van der Waals surface area (Å²) in [4.78, 5) is 0. The molecule has 17 heavy (non-hydrogen) atoms. The van der Waals surface area contributed by atoms with Gasteiger partial charge in [-0.05, 0) is 49.4 Å². The minimum atomic E-state index is 0.507. The molecule has 0 aromatic heterocycles. The molecule has 0 aliphatic rings. The van der Waals surface area contributed by atoms with Crippen molar-refractivity contribution >= 4 is 15.9 Å². The summed E-state index contributed by atoms with van der Waals surface area (Å²) in [6, 6.07) is 0. The molecule has 1 aromatic rings. The van der Waals surface area contributed by atoms with E-state index >= 15 is 0 Å². The van der Waals surface area contributed by atoms with Gasteiger partial charge in [0, 0.05) is 17.7 Å². The van der Waals surface area contributed by atoms with Crippen molar-refractivity contribution in [2.24, 2.45) is 5.73 Å². The number of hydrogen-bond acceptors (Lipinski definition) is 3. The predicted molar refractivity (Wildman–Crippen MR) is 75.7 cm³/mol. The van der Waals surface area contributed by atoms with Crippen LogP contribution in [-0.2, 0) is 6.42 Å². The summed E-state index contributed by atoms with van der Waals surface area (Å²) < 4.78 is 6.72. The molecule has 0 aliphatic carbocycles. The molecule has 96 valence electrons. The van der Waals surface area contributed by atoms with Crippen LogP contribution in [0.15, 0.2) is 4.47 Å². The highest BCUT2D eigenvalue weighted by Gasteiger charge is 2.15. The summed E-state index contributed by atoms with van der Waals surface area (Å²) in [6.07, 6.45) is 0.923. The standard InChI is InChI=1S/C13H21BrN2O/c1-8-9(2)13(17-4)11(5-6-16-7-15)10(3)12(8)14/h16H,5-7,15H2,1-4H3. The van der Waals surface area contributed by atoms with Gasteiger partial charge in [-0.2, -0.15) is 0 Å². The van der Waals surface area contributed by atoms with E-state index in [-0.39, 0.29) is 0 Å². The molecule has 4 heteroatoms. The van der Waals surface area contributed by atoms with E-state index in [1.165, 1.54) is 26.7 Å². The molecular weight excluding hydrogens is 280 g/mol. The smallest absolute Gasteiger partial charge is 0.125 e. The Morgan fingerprint density at radius 1 is 1.18 bits per heavy atom. The van der Waals surface area contributed by atoms with Crippen LogP contribution in [-0.4, -0.2) is 20.3 Å². The Morgan fingerprint density at radius 3 is 2.35 bits per heavy atom. The third-order valence-corrected chi connectivity index (χ3v) is 4.38. The first-order valence-corrected chi connectivity index (χ1v) is 6.56. The highest BCUT2D eigenvalue weighted by atomic mass is 79.9. The van der Waals surface area contributed by atoms with Crippen LogP contribution in [0.2, 0.25) is 0 Å². The molecule has 3 nitrogen and oxygen atoms in total. The van der Waals surface area contributed by atoms with Crippen LogP contribution in [0, 0.1) is 20.8 Å². The van der Waals surface area contributed by atoms with Crippen LogP contribution in [0.3, 0.4) is 0 Å². The highest BCUT2D eigenvalue weighted by molar-refractivity contribution is 9.10. The van der Waals surface area contributed by atoms with Crippen LogP contribution in [0.4, 0.5) is 0 Å². The summed E-state index contributed by atoms with van der Waals surface area (Å²) in [5.74, 6) is 1.00. The molecule has 0 heterocycles. The first-order chi connectivity index (χ1) is 8.04. The number of halogens is 1. The summed E-state index contributed by atoms with van der Waals surface area (Å²) in [7, 11) is 1.73. The molecule has 1 aromatic carbocycles. The van der Waals surface area contributed by atoms with Gasteiger partial charge in [-0.25, -0.2) is 0 Å². The zero-order valence-corrected chi connectivity index (χ0v) is 12.6. The van der Waals surface area contributed by atoms with E-state index < -0.39 is 0 Å². The number of benzene rings is 1. The minimum absolute atomic E-state index is 0.507. The van der Waals surface area contributed by atoms with Gasteiger partial charge in [0.15, 0.2) is 0 Å². The third-order valence-electron chi connectivity index (χ3n) is 3.19. The zero-order valence-electron chi connectivity index (χ0n) is 11.0. The number of hydrogen-bond donors (Lipinski definition) is 2. The van der Waals surface area contributed by atoms with E-state index in [0.717, 1.165) is 18.7 Å². The van der Waals surface area contributed by atoms with E-state index in [4.69, 9.17) is 10.5 Å². The number of ether oxygens (including phenoxy) is 1. The average molecular weight is 301 g/mol. The van der Waals surface area contributed by atoms with Crippen molar-refractivity contribution in [3.05, 3.63) is 26.7 Å². The molecule has 3 N–H and O–H groups in total. The summed E-state index contributed by atoms with van der Waals surface area (Å²) in [5.41, 5.74) is 10.4. The van der Waals surface area contributed by atoms with Gasteiger partial charge in [0.1, 0.15) is 5.75 Å². The lowest BCUT2D eigenvalue weighted by Crippen LogP contribution is -2.24. The van der Waals surface area contributed by atoms with Gasteiger partial charge >= 0.3 is 0 Å². The molecule has 0 aliphatic heterocycles. The van der Waals surface area contributed by atoms with Crippen molar-refractivity contribution in [3.63, 3.8) is 0 Å². The third kappa shape index (κ3) is 3.00. The molecule has 0 spiro atoms. The van der Waals surface area contributed by atoms with Crippen molar-refractivity contribution < 1.29 is 4.74 Å². The molecular formula is C13H21BrN2O. The summed E-state index contributed by atoms with van der Waals surface area (Å²) >= 11 is 3.65. The fraction of sp³-hybridized carbons (Fsp3) is 0.538. The quantitative estimate of drug-likeness (QED) is 0.648. The monoisotopic (exact) mass is 300 g/mol. The SMILES string of the molecule is COc1c(C)c(C)c(Br)c(C)c1CCNCN. The van der Waals surface area contributed by atoms with Gasteiger partial charge in [-0.1, -0.05) is 15.9 Å². The second-order valence-corrected chi connectivity index (χ2v) is 4.95. The fourth-order valence-electron chi connectivity index (χ4n) is 2.04. The van der Waals surface area contributed by atoms with Gasteiger partial charge in [0.05, 0.1) is 7.11 Å². The van der Waals surface area contributed by atoms with Gasteiger partial charge in [-0.15, -0.1) is 0 Å². The van der Waals surface area contributed by atoms with E-state index in [9.17, 15) is 0 Å². The normalized spacial score (nSPS) is 10.7. The molecule has 0 fully saturated rings. The van der Waals surface area contributed by atoms with Crippen LogP contribution in [0.1, 0.15) is 22.3 Å². The molecule has 0 amide bonds. The number of methoxy groups -OCH3 is 1. The molecule has 0 bridgehead atoms. The summed E-state index contributed by atoms with van der Waals surface area (Å²) in [5, 5.41) is 3.14. The van der Waals surface area contributed by atoms with Crippen LogP contribution in [0.25, 0.3) is 0 Å². The van der Waals surface area contributed by atoms with Crippen LogP contribution >= 0.6 is 15.9 Å². The Hall–Kier alpha value is -0.580. The van der Waals surface area contributed by atoms with Gasteiger partial charge in [0.25, 0.3) is 0 Å². The van der Waals surface area contributed by atoms with E-state index in [0.29, 0.717) is 6.67 Å². The second kappa shape index (κ2) is 6.38. The first kappa shape index (κ1) is 14.5. The Balaban J connectivity index is 3.17. The van der Waals surface area contributed by atoms with Crippen molar-refractivity contribution in [2.75, 3.05) is 20.3 Å². The lowest BCUT2D eigenvalue weighted by atomic mass is 9.97. The predicted octanol–water partition coefficient (Wildman–Crippen LogP) is 2.43. The van der Waals surface area contributed by atoms with Crippen molar-refractivity contribution in [3.8, 4) is 5.75 Å². The highest BCUT2D eigenvalue weighted by Crippen LogP contribution is 2.36. The fourth-order valence-corrected chi connectivity index (χ4v) is 2.57. The number of nitrogens with one attached hydrogen (secondary N) is 1. The number of nitrogens with two attached hydrogens (primary N) is 1. The van der Waals surface area contributed by atoms with E-state index in [1.807, 2.05) is 0 Å². The molecule has 0 saturated carbocycles.